The first-order valence-corrected chi connectivity index (χ1v) is 8.64. The molecule has 0 aromatic heterocycles. The fourth-order valence-electron chi connectivity index (χ4n) is 2.23. The molecule has 0 aliphatic heterocycles. The highest BCUT2D eigenvalue weighted by atomic mass is 16.5. The van der Waals surface area contributed by atoms with Crippen molar-refractivity contribution in [2.75, 3.05) is 19.0 Å². The van der Waals surface area contributed by atoms with Crippen LogP contribution in [0.3, 0.4) is 0 Å². The summed E-state index contributed by atoms with van der Waals surface area (Å²) < 4.78 is 11.0. The molecule has 144 valence electrons. The van der Waals surface area contributed by atoms with Gasteiger partial charge in [0.15, 0.2) is 11.5 Å². The van der Waals surface area contributed by atoms with Gasteiger partial charge in [0.2, 0.25) is 11.8 Å². The lowest BCUT2D eigenvalue weighted by molar-refractivity contribution is -0.125. The molecule has 0 bridgehead atoms. The number of anilines is 1. The van der Waals surface area contributed by atoms with E-state index in [0.29, 0.717) is 22.9 Å². The van der Waals surface area contributed by atoms with Crippen molar-refractivity contribution in [1.82, 2.24) is 5.32 Å². The topological polar surface area (TPSA) is 103 Å². The highest BCUT2D eigenvalue weighted by molar-refractivity contribution is 5.95. The number of hydrogen-bond donors (Lipinski definition) is 3. The van der Waals surface area contributed by atoms with E-state index in [1.54, 1.807) is 37.4 Å². The van der Waals surface area contributed by atoms with Crippen LogP contribution < -0.4 is 25.8 Å². The van der Waals surface area contributed by atoms with Gasteiger partial charge in [0.1, 0.15) is 5.75 Å². The molecule has 2 rings (SSSR count). The lowest BCUT2D eigenvalue weighted by Crippen LogP contribution is -2.46. The molecule has 4 N–H and O–H groups in total. The summed E-state index contributed by atoms with van der Waals surface area (Å²) in [5.41, 5.74) is 6.33. The summed E-state index contributed by atoms with van der Waals surface area (Å²) in [6.45, 7) is 3.55. The normalized spacial score (nSPS) is 11.6. The Labute approximate surface area is 158 Å². The zero-order valence-electron chi connectivity index (χ0n) is 15.7. The number of rotatable bonds is 8. The largest absolute Gasteiger partial charge is 0.493 e. The van der Waals surface area contributed by atoms with Gasteiger partial charge in [-0.3, -0.25) is 9.59 Å². The van der Waals surface area contributed by atoms with Crippen molar-refractivity contribution in [3.8, 4) is 17.2 Å². The second-order valence-electron chi connectivity index (χ2n) is 6.31. The van der Waals surface area contributed by atoms with E-state index < -0.39 is 6.04 Å². The Hall–Kier alpha value is -3.06. The van der Waals surface area contributed by atoms with Crippen LogP contribution in [0.5, 0.6) is 17.2 Å². The number of amides is 2. The van der Waals surface area contributed by atoms with Gasteiger partial charge in [-0.1, -0.05) is 26.0 Å². The number of hydrogen-bond acceptors (Lipinski definition) is 5. The Bertz CT molecular complexity index is 775. The van der Waals surface area contributed by atoms with E-state index in [9.17, 15) is 9.59 Å². The van der Waals surface area contributed by atoms with Crippen molar-refractivity contribution in [2.24, 2.45) is 11.7 Å². The lowest BCUT2D eigenvalue weighted by Gasteiger charge is -2.15. The maximum Gasteiger partial charge on any atom is 0.243 e. The molecule has 0 heterocycles. The van der Waals surface area contributed by atoms with E-state index in [1.165, 1.54) is 0 Å². The zero-order chi connectivity index (χ0) is 19.8. The average molecular weight is 371 g/mol. The third-order valence-electron chi connectivity index (χ3n) is 3.88. The molecular formula is C20H25N3O4. The molecule has 2 aromatic carbocycles. The fourth-order valence-corrected chi connectivity index (χ4v) is 2.23. The number of nitrogens with one attached hydrogen (secondary N) is 2. The molecule has 0 aliphatic carbocycles. The summed E-state index contributed by atoms with van der Waals surface area (Å²) in [4.78, 5) is 23.7. The van der Waals surface area contributed by atoms with Gasteiger partial charge in [0.25, 0.3) is 0 Å². The molecule has 0 unspecified atom stereocenters. The standard InChI is InChI=1S/C20H25N3O4/c1-13(2)19(21)20(25)22-12-18(24)23-14-8-10-15(11-9-14)27-17-7-5-4-6-16(17)26-3/h4-11,13,19H,12,21H2,1-3H3,(H,22,25)(H,23,24)/t19-/m0/s1. The fraction of sp³-hybridized carbons (Fsp3) is 0.300. The third-order valence-corrected chi connectivity index (χ3v) is 3.88. The van der Waals surface area contributed by atoms with Gasteiger partial charge >= 0.3 is 0 Å². The number of carbonyl (C=O) groups is 2. The molecular weight excluding hydrogens is 346 g/mol. The molecule has 0 aliphatic rings. The number of benzene rings is 2. The van der Waals surface area contributed by atoms with Gasteiger partial charge in [0.05, 0.1) is 19.7 Å². The van der Waals surface area contributed by atoms with Gasteiger partial charge in [-0.2, -0.15) is 0 Å². The van der Waals surface area contributed by atoms with E-state index in [-0.39, 0.29) is 24.3 Å². The van der Waals surface area contributed by atoms with Crippen LogP contribution in [-0.4, -0.2) is 31.5 Å². The van der Waals surface area contributed by atoms with Crippen LogP contribution in [0.1, 0.15) is 13.8 Å². The van der Waals surface area contributed by atoms with E-state index >= 15 is 0 Å². The summed E-state index contributed by atoms with van der Waals surface area (Å²) in [7, 11) is 1.58. The van der Waals surface area contributed by atoms with E-state index in [2.05, 4.69) is 10.6 Å². The Kier molecular flexibility index (Phi) is 7.19. The van der Waals surface area contributed by atoms with E-state index in [4.69, 9.17) is 15.2 Å². The molecule has 2 aromatic rings. The predicted octanol–water partition coefficient (Wildman–Crippen LogP) is 2.53. The third kappa shape index (κ3) is 6.00. The minimum atomic E-state index is -0.635. The first-order chi connectivity index (χ1) is 12.9. The molecule has 0 fully saturated rings. The molecule has 1 atom stereocenters. The minimum Gasteiger partial charge on any atom is -0.493 e. The Morgan fingerprint density at radius 3 is 2.26 bits per heavy atom. The predicted molar refractivity (Wildman–Crippen MR) is 104 cm³/mol. The molecule has 2 amide bonds. The van der Waals surface area contributed by atoms with Crippen molar-refractivity contribution in [3.05, 3.63) is 48.5 Å². The van der Waals surface area contributed by atoms with E-state index in [0.717, 1.165) is 0 Å². The van der Waals surface area contributed by atoms with Gasteiger partial charge in [-0.15, -0.1) is 0 Å². The number of methoxy groups -OCH3 is 1. The Balaban J connectivity index is 1.88. The van der Waals surface area contributed by atoms with E-state index in [1.807, 2.05) is 32.0 Å². The number of para-hydroxylation sites is 2. The SMILES string of the molecule is COc1ccccc1Oc1ccc(NC(=O)CNC(=O)[C@@H](N)C(C)C)cc1. The molecule has 7 heteroatoms. The van der Waals surface area contributed by atoms with Gasteiger partial charge in [-0.05, 0) is 42.3 Å². The first-order valence-electron chi connectivity index (χ1n) is 8.64. The highest BCUT2D eigenvalue weighted by Crippen LogP contribution is 2.31. The van der Waals surface area contributed by atoms with Crippen molar-refractivity contribution < 1.29 is 19.1 Å². The summed E-state index contributed by atoms with van der Waals surface area (Å²) in [5, 5.41) is 5.23. The zero-order valence-corrected chi connectivity index (χ0v) is 15.7. The van der Waals surface area contributed by atoms with Gasteiger partial charge in [0, 0.05) is 5.69 Å². The van der Waals surface area contributed by atoms with Crippen LogP contribution in [0, 0.1) is 5.92 Å². The summed E-state index contributed by atoms with van der Waals surface area (Å²) in [6, 6.07) is 13.6. The van der Waals surface area contributed by atoms with Crippen LogP contribution in [-0.2, 0) is 9.59 Å². The molecule has 7 nitrogen and oxygen atoms in total. The number of carbonyl (C=O) groups excluding carboxylic acids is 2. The van der Waals surface area contributed by atoms with Crippen molar-refractivity contribution in [2.45, 2.75) is 19.9 Å². The Morgan fingerprint density at radius 2 is 1.67 bits per heavy atom. The van der Waals surface area contributed by atoms with Gasteiger partial charge in [-0.25, -0.2) is 0 Å². The van der Waals surface area contributed by atoms with Crippen LogP contribution in [0.4, 0.5) is 5.69 Å². The van der Waals surface area contributed by atoms with Crippen LogP contribution >= 0.6 is 0 Å². The maximum absolute atomic E-state index is 12.0. The second kappa shape index (κ2) is 9.59. The highest BCUT2D eigenvalue weighted by Gasteiger charge is 2.17. The summed E-state index contributed by atoms with van der Waals surface area (Å²) in [5.74, 6) is 1.15. The quantitative estimate of drug-likeness (QED) is 0.662. The molecule has 27 heavy (non-hydrogen) atoms. The Morgan fingerprint density at radius 1 is 1.04 bits per heavy atom. The molecule has 0 saturated carbocycles. The van der Waals surface area contributed by atoms with Gasteiger partial charge < -0.3 is 25.8 Å². The number of nitrogens with two attached hydrogens (primary N) is 1. The van der Waals surface area contributed by atoms with Crippen molar-refractivity contribution in [3.63, 3.8) is 0 Å². The average Bonchev–Trinajstić information content (AvgIpc) is 2.67. The van der Waals surface area contributed by atoms with Crippen molar-refractivity contribution in [1.29, 1.82) is 0 Å². The second-order valence-corrected chi connectivity index (χ2v) is 6.31. The van der Waals surface area contributed by atoms with Crippen LogP contribution in [0.2, 0.25) is 0 Å². The van der Waals surface area contributed by atoms with Crippen LogP contribution in [0.25, 0.3) is 0 Å². The summed E-state index contributed by atoms with van der Waals surface area (Å²) >= 11 is 0. The summed E-state index contributed by atoms with van der Waals surface area (Å²) in [6.07, 6.45) is 0. The molecule has 0 radical (unpaired) electrons. The monoisotopic (exact) mass is 371 g/mol. The van der Waals surface area contributed by atoms with Crippen LogP contribution in [0.15, 0.2) is 48.5 Å². The maximum atomic E-state index is 12.0. The number of ether oxygens (including phenoxy) is 2. The molecule has 0 saturated heterocycles. The minimum absolute atomic E-state index is 0.00356. The van der Waals surface area contributed by atoms with Crippen molar-refractivity contribution >= 4 is 17.5 Å². The smallest absolute Gasteiger partial charge is 0.243 e. The lowest BCUT2D eigenvalue weighted by atomic mass is 10.1. The first kappa shape index (κ1) is 20.3. The molecule has 0 spiro atoms.